The lowest BCUT2D eigenvalue weighted by Crippen LogP contribution is -2.52. The number of anilines is 1. The van der Waals surface area contributed by atoms with Crippen molar-refractivity contribution in [2.75, 3.05) is 17.1 Å². The van der Waals surface area contributed by atoms with Gasteiger partial charge in [-0.15, -0.1) is 0 Å². The second-order valence-corrected chi connectivity index (χ2v) is 11.0. The second kappa shape index (κ2) is 11.9. The molecular formula is C24H31Cl2N3O4S. The van der Waals surface area contributed by atoms with Crippen LogP contribution in [0.3, 0.4) is 0 Å². The van der Waals surface area contributed by atoms with Crippen molar-refractivity contribution >= 4 is 50.7 Å². The first-order valence-electron chi connectivity index (χ1n) is 10.9. The van der Waals surface area contributed by atoms with E-state index in [0.717, 1.165) is 28.1 Å². The Hall–Kier alpha value is -2.29. The molecule has 0 aliphatic carbocycles. The second-order valence-electron chi connectivity index (χ2n) is 8.35. The number of carbonyl (C=O) groups excluding carboxylic acids is 2. The van der Waals surface area contributed by atoms with Crippen molar-refractivity contribution in [2.45, 2.75) is 52.7 Å². The molecule has 0 heterocycles. The number of amides is 2. The third-order valence-corrected chi connectivity index (χ3v) is 7.42. The number of hydrogen-bond acceptors (Lipinski definition) is 4. The van der Waals surface area contributed by atoms with E-state index in [1.165, 1.54) is 17.0 Å². The number of carbonyl (C=O) groups is 2. The molecule has 2 rings (SSSR count). The van der Waals surface area contributed by atoms with Gasteiger partial charge in [-0.25, -0.2) is 8.42 Å². The molecule has 2 amide bonds. The lowest BCUT2D eigenvalue weighted by Gasteiger charge is -2.32. The smallest absolute Gasteiger partial charge is 0.244 e. The van der Waals surface area contributed by atoms with Gasteiger partial charge in [0.1, 0.15) is 12.6 Å². The summed E-state index contributed by atoms with van der Waals surface area (Å²) in [5.74, 6) is -0.864. The van der Waals surface area contributed by atoms with Gasteiger partial charge in [0.25, 0.3) is 0 Å². The van der Waals surface area contributed by atoms with E-state index in [4.69, 9.17) is 23.2 Å². The van der Waals surface area contributed by atoms with Crippen molar-refractivity contribution < 1.29 is 18.0 Å². The minimum absolute atomic E-state index is 0.0233. The summed E-state index contributed by atoms with van der Waals surface area (Å²) in [5, 5.41) is 3.08. The van der Waals surface area contributed by atoms with Crippen LogP contribution in [0.15, 0.2) is 42.5 Å². The number of nitrogens with zero attached hydrogens (tertiary/aromatic N) is 2. The molecule has 2 aromatic rings. The van der Waals surface area contributed by atoms with Gasteiger partial charge >= 0.3 is 0 Å². The molecule has 34 heavy (non-hydrogen) atoms. The third kappa shape index (κ3) is 7.35. The molecule has 0 saturated carbocycles. The number of halogens is 2. The van der Waals surface area contributed by atoms with Crippen molar-refractivity contribution in [1.82, 2.24) is 10.2 Å². The zero-order valence-electron chi connectivity index (χ0n) is 20.0. The molecule has 7 nitrogen and oxygen atoms in total. The van der Waals surface area contributed by atoms with Gasteiger partial charge in [0.15, 0.2) is 0 Å². The van der Waals surface area contributed by atoms with Gasteiger partial charge in [0.05, 0.1) is 22.0 Å². The van der Waals surface area contributed by atoms with E-state index in [-0.39, 0.29) is 34.2 Å². The molecule has 0 bridgehead atoms. The van der Waals surface area contributed by atoms with Crippen LogP contribution in [0.4, 0.5) is 5.69 Å². The Kier molecular flexibility index (Phi) is 9.79. The largest absolute Gasteiger partial charge is 0.352 e. The fourth-order valence-electron chi connectivity index (χ4n) is 3.34. The number of aryl methyl sites for hydroxylation is 1. The van der Waals surface area contributed by atoms with Crippen LogP contribution in [0, 0.1) is 6.92 Å². The molecule has 0 aromatic heterocycles. The van der Waals surface area contributed by atoms with Crippen LogP contribution >= 0.6 is 23.2 Å². The highest BCUT2D eigenvalue weighted by molar-refractivity contribution is 7.92. The molecule has 0 aliphatic heterocycles. The molecule has 2 unspecified atom stereocenters. The van der Waals surface area contributed by atoms with E-state index >= 15 is 0 Å². The Morgan fingerprint density at radius 2 is 1.74 bits per heavy atom. The molecule has 2 atom stereocenters. The van der Waals surface area contributed by atoms with Gasteiger partial charge in [-0.2, -0.15) is 0 Å². The first-order chi connectivity index (χ1) is 15.8. The van der Waals surface area contributed by atoms with Gasteiger partial charge in [0, 0.05) is 12.6 Å². The molecule has 10 heteroatoms. The SMILES string of the molecule is CCC(C)NC(=O)C(C)N(Cc1cccc(C)c1)C(=O)CN(c1cccc(Cl)c1Cl)S(C)(=O)=O. The lowest BCUT2D eigenvalue weighted by atomic mass is 10.1. The highest BCUT2D eigenvalue weighted by atomic mass is 35.5. The quantitative estimate of drug-likeness (QED) is 0.495. The molecule has 0 aliphatic rings. The summed E-state index contributed by atoms with van der Waals surface area (Å²) in [6.07, 6.45) is 1.72. The Morgan fingerprint density at radius 1 is 1.09 bits per heavy atom. The summed E-state index contributed by atoms with van der Waals surface area (Å²) in [4.78, 5) is 27.8. The highest BCUT2D eigenvalue weighted by Gasteiger charge is 2.31. The minimum atomic E-state index is -3.89. The summed E-state index contributed by atoms with van der Waals surface area (Å²) in [6, 6.07) is 11.2. The van der Waals surface area contributed by atoms with Crippen LogP contribution in [0.1, 0.15) is 38.3 Å². The summed E-state index contributed by atoms with van der Waals surface area (Å²) in [5.41, 5.74) is 1.92. The van der Waals surface area contributed by atoms with E-state index in [2.05, 4.69) is 5.32 Å². The number of sulfonamides is 1. The number of rotatable bonds is 10. The first kappa shape index (κ1) is 28.0. The van der Waals surface area contributed by atoms with Crippen LogP contribution in [0.2, 0.25) is 10.0 Å². The fraction of sp³-hybridized carbons (Fsp3) is 0.417. The predicted molar refractivity (Wildman–Crippen MR) is 138 cm³/mol. The zero-order chi connectivity index (χ0) is 25.6. The van der Waals surface area contributed by atoms with Gasteiger partial charge in [-0.1, -0.05) is 66.0 Å². The third-order valence-electron chi connectivity index (χ3n) is 5.48. The van der Waals surface area contributed by atoms with Gasteiger partial charge in [-0.3, -0.25) is 13.9 Å². The lowest BCUT2D eigenvalue weighted by molar-refractivity contribution is -0.139. The molecule has 0 fully saturated rings. The first-order valence-corrected chi connectivity index (χ1v) is 13.5. The average Bonchev–Trinajstić information content (AvgIpc) is 2.76. The van der Waals surface area contributed by atoms with Crippen LogP contribution < -0.4 is 9.62 Å². The standard InChI is InChI=1S/C24H31Cl2N3O4S/c1-6-17(3)27-24(31)18(4)28(14-19-10-7-9-16(2)13-19)22(30)15-29(34(5,32)33)21-12-8-11-20(25)23(21)26/h7-13,17-18H,6,14-15H2,1-5H3,(H,27,31). The number of hydrogen-bond donors (Lipinski definition) is 1. The van der Waals surface area contributed by atoms with Crippen LogP contribution in [0.5, 0.6) is 0 Å². The topological polar surface area (TPSA) is 86.8 Å². The maximum Gasteiger partial charge on any atom is 0.244 e. The summed E-state index contributed by atoms with van der Waals surface area (Å²) < 4.78 is 26.1. The van der Waals surface area contributed by atoms with E-state index in [1.807, 2.05) is 45.0 Å². The van der Waals surface area contributed by atoms with Crippen LogP contribution in [-0.2, 0) is 26.2 Å². The number of benzene rings is 2. The fourth-order valence-corrected chi connectivity index (χ4v) is 4.64. The monoisotopic (exact) mass is 527 g/mol. The summed E-state index contributed by atoms with van der Waals surface area (Å²) in [6.45, 7) is 6.99. The summed E-state index contributed by atoms with van der Waals surface area (Å²) >= 11 is 12.3. The van der Waals surface area contributed by atoms with E-state index in [1.54, 1.807) is 13.0 Å². The van der Waals surface area contributed by atoms with Crippen molar-refractivity contribution in [3.8, 4) is 0 Å². The van der Waals surface area contributed by atoms with Gasteiger partial charge in [-0.05, 0) is 44.9 Å². The Morgan fingerprint density at radius 3 is 2.32 bits per heavy atom. The minimum Gasteiger partial charge on any atom is -0.352 e. The zero-order valence-corrected chi connectivity index (χ0v) is 22.3. The van der Waals surface area contributed by atoms with Crippen LogP contribution in [-0.4, -0.2) is 50.0 Å². The molecular weight excluding hydrogens is 497 g/mol. The molecule has 1 N–H and O–H groups in total. The molecule has 0 spiro atoms. The Bertz CT molecular complexity index is 1140. The maximum absolute atomic E-state index is 13.5. The maximum atomic E-state index is 13.5. The van der Waals surface area contributed by atoms with Crippen molar-refractivity contribution in [2.24, 2.45) is 0 Å². The molecule has 2 aromatic carbocycles. The van der Waals surface area contributed by atoms with Gasteiger partial charge in [0.2, 0.25) is 21.8 Å². The Balaban J connectivity index is 2.43. The van der Waals surface area contributed by atoms with Crippen molar-refractivity contribution in [1.29, 1.82) is 0 Å². The average molecular weight is 529 g/mol. The Labute approximate surface area is 212 Å². The van der Waals surface area contributed by atoms with E-state index in [0.29, 0.717) is 0 Å². The number of nitrogens with one attached hydrogen (secondary N) is 1. The van der Waals surface area contributed by atoms with E-state index in [9.17, 15) is 18.0 Å². The van der Waals surface area contributed by atoms with Gasteiger partial charge < -0.3 is 10.2 Å². The van der Waals surface area contributed by atoms with E-state index < -0.39 is 28.5 Å². The summed E-state index contributed by atoms with van der Waals surface area (Å²) in [7, 11) is -3.89. The highest BCUT2D eigenvalue weighted by Crippen LogP contribution is 2.33. The normalized spacial score (nSPS) is 13.1. The molecule has 0 saturated heterocycles. The molecule has 186 valence electrons. The predicted octanol–water partition coefficient (Wildman–Crippen LogP) is 4.40. The van der Waals surface area contributed by atoms with Crippen LogP contribution in [0.25, 0.3) is 0 Å². The molecule has 0 radical (unpaired) electrons. The van der Waals surface area contributed by atoms with Crippen molar-refractivity contribution in [3.63, 3.8) is 0 Å². The van der Waals surface area contributed by atoms with Crippen molar-refractivity contribution in [3.05, 3.63) is 63.6 Å².